The van der Waals surface area contributed by atoms with Crippen molar-refractivity contribution in [1.29, 1.82) is 0 Å². The molecule has 0 aliphatic heterocycles. The zero-order chi connectivity index (χ0) is 10.7. The Morgan fingerprint density at radius 1 is 1.71 bits per heavy atom. The molecule has 0 saturated heterocycles. The zero-order valence-electron chi connectivity index (χ0n) is 8.41. The largest absolute Gasteiger partial charge is 0.364 e. The fourth-order valence-electron chi connectivity index (χ4n) is 1.14. The minimum atomic E-state index is -0.474. The first-order valence-corrected chi connectivity index (χ1v) is 5.26. The van der Waals surface area contributed by atoms with Crippen LogP contribution in [0.15, 0.2) is 12.8 Å². The van der Waals surface area contributed by atoms with E-state index in [0.717, 1.165) is 16.9 Å². The van der Waals surface area contributed by atoms with Crippen molar-refractivity contribution in [2.45, 2.75) is 20.3 Å². The van der Waals surface area contributed by atoms with Crippen LogP contribution in [0, 0.1) is 5.92 Å². The molecular formula is C10H14N2OS. The molecule has 14 heavy (non-hydrogen) atoms. The highest BCUT2D eigenvalue weighted by atomic mass is 32.1. The fourth-order valence-corrected chi connectivity index (χ4v) is 1.89. The number of carbonyl (C=O) groups excluding carboxylic acids is 1. The summed E-state index contributed by atoms with van der Waals surface area (Å²) >= 11 is 1.31. The van der Waals surface area contributed by atoms with Crippen molar-refractivity contribution in [2.75, 3.05) is 0 Å². The van der Waals surface area contributed by atoms with Crippen molar-refractivity contribution in [3.05, 3.63) is 22.7 Å². The topological polar surface area (TPSA) is 56.0 Å². The molecule has 0 bridgehead atoms. The standard InChI is InChI=1S/C10H14N2OS/c1-6(2)4-7(3)8-5-12-10(14-8)9(11)13/h5-6H,3-4H2,1-2H3,(H2,11,13). The summed E-state index contributed by atoms with van der Waals surface area (Å²) in [5, 5.41) is 0.352. The summed E-state index contributed by atoms with van der Waals surface area (Å²) < 4.78 is 0. The van der Waals surface area contributed by atoms with Gasteiger partial charge in [-0.1, -0.05) is 20.4 Å². The van der Waals surface area contributed by atoms with Gasteiger partial charge >= 0.3 is 0 Å². The Balaban J connectivity index is 2.76. The molecule has 2 N–H and O–H groups in total. The van der Waals surface area contributed by atoms with E-state index >= 15 is 0 Å². The van der Waals surface area contributed by atoms with Gasteiger partial charge in [-0.3, -0.25) is 4.79 Å². The number of nitrogens with two attached hydrogens (primary N) is 1. The van der Waals surface area contributed by atoms with Crippen molar-refractivity contribution in [1.82, 2.24) is 4.98 Å². The molecule has 0 aliphatic rings. The summed E-state index contributed by atoms with van der Waals surface area (Å²) in [6.07, 6.45) is 2.58. The van der Waals surface area contributed by atoms with Crippen LogP contribution in [0.1, 0.15) is 34.9 Å². The van der Waals surface area contributed by atoms with Gasteiger partial charge in [0.25, 0.3) is 5.91 Å². The first kappa shape index (κ1) is 10.9. The maximum absolute atomic E-state index is 10.8. The average molecular weight is 210 g/mol. The summed E-state index contributed by atoms with van der Waals surface area (Å²) in [5.74, 6) is 0.0835. The molecule has 0 aliphatic carbocycles. The van der Waals surface area contributed by atoms with Crippen LogP contribution in [0.5, 0.6) is 0 Å². The smallest absolute Gasteiger partial charge is 0.277 e. The molecule has 1 heterocycles. The van der Waals surface area contributed by atoms with Crippen LogP contribution in [0.3, 0.4) is 0 Å². The summed E-state index contributed by atoms with van der Waals surface area (Å²) in [4.78, 5) is 15.7. The summed E-state index contributed by atoms with van der Waals surface area (Å²) in [7, 11) is 0. The van der Waals surface area contributed by atoms with E-state index in [1.54, 1.807) is 6.20 Å². The predicted octanol–water partition coefficient (Wildman–Crippen LogP) is 2.30. The van der Waals surface area contributed by atoms with Crippen molar-refractivity contribution in [3.8, 4) is 0 Å². The van der Waals surface area contributed by atoms with Crippen LogP contribution < -0.4 is 5.73 Å². The van der Waals surface area contributed by atoms with Crippen molar-refractivity contribution in [2.24, 2.45) is 11.7 Å². The summed E-state index contributed by atoms with van der Waals surface area (Å²) in [6.45, 7) is 8.21. The van der Waals surface area contributed by atoms with Gasteiger partial charge in [0, 0.05) is 6.20 Å². The Kier molecular flexibility index (Phi) is 3.41. The van der Waals surface area contributed by atoms with Gasteiger partial charge in [0.15, 0.2) is 5.01 Å². The Morgan fingerprint density at radius 3 is 2.79 bits per heavy atom. The number of hydrogen-bond acceptors (Lipinski definition) is 3. The van der Waals surface area contributed by atoms with Gasteiger partial charge in [0.2, 0.25) is 0 Å². The van der Waals surface area contributed by atoms with Crippen molar-refractivity contribution in [3.63, 3.8) is 0 Å². The van der Waals surface area contributed by atoms with E-state index in [0.29, 0.717) is 10.9 Å². The van der Waals surface area contributed by atoms with Crippen LogP contribution in [0.2, 0.25) is 0 Å². The highest BCUT2D eigenvalue weighted by molar-refractivity contribution is 7.14. The zero-order valence-corrected chi connectivity index (χ0v) is 9.23. The van der Waals surface area contributed by atoms with E-state index in [2.05, 4.69) is 25.4 Å². The van der Waals surface area contributed by atoms with Gasteiger partial charge in [0.05, 0.1) is 4.88 Å². The second kappa shape index (κ2) is 4.37. The van der Waals surface area contributed by atoms with Crippen LogP contribution in [0.4, 0.5) is 0 Å². The lowest BCUT2D eigenvalue weighted by atomic mass is 10.0. The summed E-state index contributed by atoms with van der Waals surface area (Å²) in [6, 6.07) is 0. The average Bonchev–Trinajstić information content (AvgIpc) is 2.50. The monoisotopic (exact) mass is 210 g/mol. The number of thiazole rings is 1. The summed E-state index contributed by atoms with van der Waals surface area (Å²) in [5.41, 5.74) is 6.13. The van der Waals surface area contributed by atoms with Gasteiger partial charge in [-0.05, 0) is 17.9 Å². The molecule has 0 fully saturated rings. The third-order valence-electron chi connectivity index (χ3n) is 1.72. The lowest BCUT2D eigenvalue weighted by Crippen LogP contribution is -2.09. The van der Waals surface area contributed by atoms with Crippen molar-refractivity contribution >= 4 is 22.8 Å². The Bertz CT molecular complexity index is 355. The van der Waals surface area contributed by atoms with Gasteiger partial charge in [0.1, 0.15) is 0 Å². The van der Waals surface area contributed by atoms with E-state index in [1.165, 1.54) is 11.3 Å². The second-order valence-corrected chi connectivity index (χ2v) is 4.63. The molecule has 0 unspecified atom stereocenters. The predicted molar refractivity (Wildman–Crippen MR) is 59.1 cm³/mol. The molecule has 0 atom stereocenters. The molecular weight excluding hydrogens is 196 g/mol. The van der Waals surface area contributed by atoms with Gasteiger partial charge in [-0.25, -0.2) is 4.98 Å². The molecule has 1 rings (SSSR count). The van der Waals surface area contributed by atoms with Gasteiger partial charge < -0.3 is 5.73 Å². The Labute approximate surface area is 87.7 Å². The molecule has 3 nitrogen and oxygen atoms in total. The SMILES string of the molecule is C=C(CC(C)C)c1cnc(C(N)=O)s1. The molecule has 1 aromatic rings. The molecule has 0 saturated carbocycles. The first-order chi connectivity index (χ1) is 6.50. The first-order valence-electron chi connectivity index (χ1n) is 4.44. The van der Waals surface area contributed by atoms with E-state index < -0.39 is 5.91 Å². The normalized spacial score (nSPS) is 10.5. The molecule has 0 spiro atoms. The third-order valence-corrected chi connectivity index (χ3v) is 2.83. The number of aromatic nitrogens is 1. The maximum Gasteiger partial charge on any atom is 0.277 e. The minimum absolute atomic E-state index is 0.352. The van der Waals surface area contributed by atoms with Gasteiger partial charge in [-0.15, -0.1) is 11.3 Å². The van der Waals surface area contributed by atoms with Crippen molar-refractivity contribution < 1.29 is 4.79 Å². The van der Waals surface area contributed by atoms with E-state index in [1.807, 2.05) is 0 Å². The lowest BCUT2D eigenvalue weighted by molar-refractivity contribution is 0.1000. The highest BCUT2D eigenvalue weighted by Crippen LogP contribution is 2.25. The molecule has 0 aromatic carbocycles. The fraction of sp³-hybridized carbons (Fsp3) is 0.400. The number of carbonyl (C=O) groups is 1. The van der Waals surface area contributed by atoms with E-state index in [-0.39, 0.29) is 0 Å². The number of rotatable bonds is 4. The molecule has 76 valence electrons. The number of primary amides is 1. The number of nitrogens with zero attached hydrogens (tertiary/aromatic N) is 1. The highest BCUT2D eigenvalue weighted by Gasteiger charge is 2.09. The lowest BCUT2D eigenvalue weighted by Gasteiger charge is -2.04. The molecule has 1 amide bonds. The minimum Gasteiger partial charge on any atom is -0.364 e. The number of hydrogen-bond donors (Lipinski definition) is 1. The maximum atomic E-state index is 10.8. The number of allylic oxidation sites excluding steroid dienone is 1. The van der Waals surface area contributed by atoms with Crippen LogP contribution in [0.25, 0.3) is 5.57 Å². The second-order valence-electron chi connectivity index (χ2n) is 3.60. The van der Waals surface area contributed by atoms with Gasteiger partial charge in [-0.2, -0.15) is 0 Å². The van der Waals surface area contributed by atoms with E-state index in [9.17, 15) is 4.79 Å². The Morgan fingerprint density at radius 2 is 2.36 bits per heavy atom. The van der Waals surface area contributed by atoms with Crippen LogP contribution in [-0.2, 0) is 0 Å². The molecule has 0 radical (unpaired) electrons. The molecule has 1 aromatic heterocycles. The quantitative estimate of drug-likeness (QED) is 0.829. The molecule has 4 heteroatoms. The van der Waals surface area contributed by atoms with Crippen LogP contribution in [-0.4, -0.2) is 10.9 Å². The Hall–Kier alpha value is -1.16. The third kappa shape index (κ3) is 2.67. The number of amides is 1. The van der Waals surface area contributed by atoms with Crippen LogP contribution >= 0.6 is 11.3 Å². The van der Waals surface area contributed by atoms with E-state index in [4.69, 9.17) is 5.73 Å².